The van der Waals surface area contributed by atoms with Crippen molar-refractivity contribution in [3.05, 3.63) is 0 Å². The molecule has 4 nitrogen and oxygen atoms in total. The number of hydrogen-bond donors (Lipinski definition) is 1. The first-order valence-corrected chi connectivity index (χ1v) is 8.63. The van der Waals surface area contributed by atoms with Crippen LogP contribution >= 0.6 is 0 Å². The summed E-state index contributed by atoms with van der Waals surface area (Å²) in [4.78, 5) is 0. The van der Waals surface area contributed by atoms with E-state index in [4.69, 9.17) is 0 Å². The Morgan fingerprint density at radius 3 is 2.06 bits per heavy atom. The zero-order valence-corrected chi connectivity index (χ0v) is 13.4. The smallest absolute Gasteiger partial charge is 0.217 e. The van der Waals surface area contributed by atoms with E-state index in [0.29, 0.717) is 25.6 Å². The molecule has 18 heavy (non-hydrogen) atoms. The van der Waals surface area contributed by atoms with E-state index in [1.807, 2.05) is 13.8 Å². The van der Waals surface area contributed by atoms with Crippen molar-refractivity contribution in [3.8, 4) is 0 Å². The van der Waals surface area contributed by atoms with Gasteiger partial charge in [0, 0.05) is 19.6 Å². The zero-order valence-electron chi connectivity index (χ0n) is 12.6. The summed E-state index contributed by atoms with van der Waals surface area (Å²) in [5, 5.41) is 2.75. The Balaban J connectivity index is 4.70. The predicted octanol–water partition coefficient (Wildman–Crippen LogP) is 2.07. The second-order valence-corrected chi connectivity index (χ2v) is 7.15. The van der Waals surface area contributed by atoms with Gasteiger partial charge in [-0.05, 0) is 19.4 Å². The normalized spacial score (nSPS) is 14.4. The van der Waals surface area contributed by atoms with Crippen LogP contribution < -0.4 is 5.32 Å². The Morgan fingerprint density at radius 1 is 1.11 bits per heavy atom. The molecule has 5 heteroatoms. The molecule has 0 aliphatic heterocycles. The molecule has 0 amide bonds. The van der Waals surface area contributed by atoms with Gasteiger partial charge in [-0.1, -0.05) is 40.5 Å². The highest BCUT2D eigenvalue weighted by Gasteiger charge is 2.28. The van der Waals surface area contributed by atoms with Crippen LogP contribution in [-0.4, -0.2) is 44.2 Å². The highest BCUT2D eigenvalue weighted by Crippen LogP contribution is 2.15. The topological polar surface area (TPSA) is 49.4 Å². The van der Waals surface area contributed by atoms with Crippen LogP contribution in [-0.2, 0) is 10.0 Å². The van der Waals surface area contributed by atoms with Gasteiger partial charge in [-0.15, -0.1) is 0 Å². The summed E-state index contributed by atoms with van der Waals surface area (Å²) in [7, 11) is -3.17. The minimum atomic E-state index is -3.17. The first-order chi connectivity index (χ1) is 8.43. The van der Waals surface area contributed by atoms with Crippen molar-refractivity contribution in [2.75, 3.05) is 26.2 Å². The molecule has 0 aliphatic rings. The highest BCUT2D eigenvalue weighted by molar-refractivity contribution is 7.89. The third kappa shape index (κ3) is 5.24. The van der Waals surface area contributed by atoms with E-state index in [0.717, 1.165) is 19.4 Å². The lowest BCUT2D eigenvalue weighted by Gasteiger charge is -2.27. The summed E-state index contributed by atoms with van der Waals surface area (Å²) < 4.78 is 26.5. The van der Waals surface area contributed by atoms with Crippen molar-refractivity contribution in [1.29, 1.82) is 0 Å². The first kappa shape index (κ1) is 17.9. The number of sulfonamides is 1. The quantitative estimate of drug-likeness (QED) is 0.665. The van der Waals surface area contributed by atoms with Gasteiger partial charge in [0.25, 0.3) is 0 Å². The molecule has 110 valence electrons. The van der Waals surface area contributed by atoms with Crippen LogP contribution in [0.3, 0.4) is 0 Å². The molecular formula is C13H30N2O2S. The second kappa shape index (κ2) is 8.88. The third-order valence-electron chi connectivity index (χ3n) is 3.52. The van der Waals surface area contributed by atoms with E-state index >= 15 is 0 Å². The largest absolute Gasteiger partial charge is 0.316 e. The van der Waals surface area contributed by atoms with Gasteiger partial charge in [0.1, 0.15) is 0 Å². The van der Waals surface area contributed by atoms with Crippen LogP contribution in [0, 0.1) is 5.92 Å². The van der Waals surface area contributed by atoms with Crippen LogP contribution in [0.4, 0.5) is 0 Å². The van der Waals surface area contributed by atoms with Gasteiger partial charge in [-0.2, -0.15) is 0 Å². The molecule has 0 aliphatic carbocycles. The number of nitrogens with zero attached hydrogens (tertiary/aromatic N) is 1. The second-order valence-electron chi connectivity index (χ2n) is 4.80. The molecule has 0 spiro atoms. The Labute approximate surface area is 113 Å². The minimum absolute atomic E-state index is 0.355. The van der Waals surface area contributed by atoms with E-state index in [1.165, 1.54) is 0 Å². The van der Waals surface area contributed by atoms with Crippen molar-refractivity contribution >= 4 is 10.0 Å². The Kier molecular flexibility index (Phi) is 8.82. The number of nitrogens with one attached hydrogen (secondary N) is 1. The first-order valence-electron chi connectivity index (χ1n) is 7.13. The molecule has 1 N–H and O–H groups in total. The monoisotopic (exact) mass is 278 g/mol. The standard InChI is InChI=1S/C13H30N2O2S/c1-6-13(7-2)11-15(9-4)18(16,17)12(5)10-14-8-3/h12-14H,6-11H2,1-5H3. The van der Waals surface area contributed by atoms with Gasteiger partial charge in [0.2, 0.25) is 10.0 Å². The fourth-order valence-electron chi connectivity index (χ4n) is 1.96. The maximum absolute atomic E-state index is 12.4. The molecule has 1 atom stereocenters. The summed E-state index contributed by atoms with van der Waals surface area (Å²) in [5.74, 6) is 0.464. The Bertz CT molecular complexity index is 300. The van der Waals surface area contributed by atoms with Crippen molar-refractivity contribution < 1.29 is 8.42 Å². The van der Waals surface area contributed by atoms with Gasteiger partial charge in [-0.25, -0.2) is 12.7 Å². The maximum Gasteiger partial charge on any atom is 0.217 e. The predicted molar refractivity (Wildman–Crippen MR) is 78.2 cm³/mol. The molecule has 0 saturated carbocycles. The van der Waals surface area contributed by atoms with Crippen LogP contribution in [0.2, 0.25) is 0 Å². The van der Waals surface area contributed by atoms with Crippen LogP contribution in [0.5, 0.6) is 0 Å². The van der Waals surface area contributed by atoms with Gasteiger partial charge in [0.05, 0.1) is 5.25 Å². The van der Waals surface area contributed by atoms with Gasteiger partial charge >= 0.3 is 0 Å². The molecule has 1 unspecified atom stereocenters. The molecule has 0 radical (unpaired) electrons. The Hall–Kier alpha value is -0.130. The van der Waals surface area contributed by atoms with Crippen LogP contribution in [0.15, 0.2) is 0 Å². The van der Waals surface area contributed by atoms with Crippen molar-refractivity contribution in [1.82, 2.24) is 9.62 Å². The van der Waals surface area contributed by atoms with Crippen LogP contribution in [0.25, 0.3) is 0 Å². The van der Waals surface area contributed by atoms with Crippen LogP contribution in [0.1, 0.15) is 47.5 Å². The van der Waals surface area contributed by atoms with E-state index in [9.17, 15) is 8.42 Å². The number of rotatable bonds is 10. The lowest BCUT2D eigenvalue weighted by molar-refractivity contribution is 0.335. The molecule has 0 heterocycles. The van der Waals surface area contributed by atoms with Crippen molar-refractivity contribution in [3.63, 3.8) is 0 Å². The summed E-state index contributed by atoms with van der Waals surface area (Å²) >= 11 is 0. The summed E-state index contributed by atoms with van der Waals surface area (Å²) in [5.41, 5.74) is 0. The van der Waals surface area contributed by atoms with E-state index in [-0.39, 0.29) is 5.25 Å². The summed E-state index contributed by atoms with van der Waals surface area (Å²) in [6.45, 7) is 12.5. The summed E-state index contributed by atoms with van der Waals surface area (Å²) in [6, 6.07) is 0. The van der Waals surface area contributed by atoms with E-state index in [1.54, 1.807) is 11.2 Å². The van der Waals surface area contributed by atoms with E-state index < -0.39 is 10.0 Å². The fraction of sp³-hybridized carbons (Fsp3) is 1.00. The fourth-order valence-corrected chi connectivity index (χ4v) is 3.57. The average molecular weight is 278 g/mol. The zero-order chi connectivity index (χ0) is 14.2. The van der Waals surface area contributed by atoms with Gasteiger partial charge in [-0.3, -0.25) is 0 Å². The minimum Gasteiger partial charge on any atom is -0.316 e. The average Bonchev–Trinajstić information content (AvgIpc) is 2.36. The molecular weight excluding hydrogens is 248 g/mol. The molecule has 0 saturated heterocycles. The lowest BCUT2D eigenvalue weighted by atomic mass is 10.0. The highest BCUT2D eigenvalue weighted by atomic mass is 32.2. The van der Waals surface area contributed by atoms with Gasteiger partial charge < -0.3 is 5.32 Å². The molecule has 0 bridgehead atoms. The molecule has 0 aromatic rings. The molecule has 0 fully saturated rings. The summed E-state index contributed by atoms with van der Waals surface area (Å²) in [6.07, 6.45) is 2.06. The maximum atomic E-state index is 12.4. The van der Waals surface area contributed by atoms with Crippen molar-refractivity contribution in [2.24, 2.45) is 5.92 Å². The SMILES string of the molecule is CCNCC(C)S(=O)(=O)N(CC)CC(CC)CC. The lowest BCUT2D eigenvalue weighted by Crippen LogP contribution is -2.43. The molecule has 0 aromatic carbocycles. The Morgan fingerprint density at radius 2 is 1.67 bits per heavy atom. The number of hydrogen-bond acceptors (Lipinski definition) is 3. The molecule has 0 rings (SSSR count). The van der Waals surface area contributed by atoms with Gasteiger partial charge in [0.15, 0.2) is 0 Å². The third-order valence-corrected chi connectivity index (χ3v) is 5.83. The van der Waals surface area contributed by atoms with Crippen molar-refractivity contribution in [2.45, 2.75) is 52.7 Å². The molecule has 0 aromatic heterocycles. The van der Waals surface area contributed by atoms with E-state index in [2.05, 4.69) is 19.2 Å².